The fraction of sp³-hybridized carbons (Fsp3) is 0. The molecular formula is C36H21N5. The summed E-state index contributed by atoms with van der Waals surface area (Å²) in [5, 5.41) is 8.04. The summed E-state index contributed by atoms with van der Waals surface area (Å²) in [6.07, 6.45) is 7.50. The third-order valence-corrected chi connectivity index (χ3v) is 8.13. The van der Waals surface area contributed by atoms with Crippen LogP contribution in [-0.2, 0) is 0 Å². The van der Waals surface area contributed by atoms with Crippen molar-refractivity contribution in [3.63, 3.8) is 0 Å². The van der Waals surface area contributed by atoms with Crippen LogP contribution in [-0.4, -0.2) is 24.5 Å². The van der Waals surface area contributed by atoms with Crippen LogP contribution in [0.2, 0.25) is 0 Å². The van der Waals surface area contributed by atoms with E-state index in [1.165, 1.54) is 21.5 Å². The highest BCUT2D eigenvalue weighted by Gasteiger charge is 2.19. The third-order valence-electron chi connectivity index (χ3n) is 8.13. The number of pyridine rings is 4. The van der Waals surface area contributed by atoms with Crippen LogP contribution in [0.4, 0.5) is 0 Å². The Bertz CT molecular complexity index is 2470. The van der Waals surface area contributed by atoms with Crippen LogP contribution in [0.15, 0.2) is 128 Å². The zero-order chi connectivity index (χ0) is 26.9. The van der Waals surface area contributed by atoms with E-state index in [0.717, 1.165) is 60.7 Å². The maximum atomic E-state index is 5.03. The molecule has 0 aliphatic heterocycles. The van der Waals surface area contributed by atoms with Crippen LogP contribution >= 0.6 is 0 Å². The fourth-order valence-electron chi connectivity index (χ4n) is 6.42. The molecule has 0 radical (unpaired) electrons. The van der Waals surface area contributed by atoms with Crippen molar-refractivity contribution in [2.75, 3.05) is 0 Å². The maximum Gasteiger partial charge on any atom is 0.0971 e. The minimum atomic E-state index is 0.889. The third kappa shape index (κ3) is 3.11. The van der Waals surface area contributed by atoms with Gasteiger partial charge < -0.3 is 4.57 Å². The van der Waals surface area contributed by atoms with Crippen molar-refractivity contribution < 1.29 is 0 Å². The summed E-state index contributed by atoms with van der Waals surface area (Å²) in [6, 6.07) is 35.9. The van der Waals surface area contributed by atoms with Gasteiger partial charge in [0.1, 0.15) is 0 Å². The standard InChI is InChI=1S/C36H21N5/c1-2-10-25-24(9-1)32-27-11-3-4-14-31(27)41(36(32)28-13-7-18-38-34(25)28)23-15-16-30(40-21-23)29-20-22-8-5-17-37-33(22)35-26(29)12-6-19-39-35/h1-21H. The number of para-hydroxylation sites is 1. The van der Waals surface area contributed by atoms with E-state index in [-0.39, 0.29) is 0 Å². The van der Waals surface area contributed by atoms with Gasteiger partial charge in [-0.15, -0.1) is 0 Å². The topological polar surface area (TPSA) is 56.5 Å². The Hall–Kier alpha value is -5.68. The molecule has 0 saturated heterocycles. The lowest BCUT2D eigenvalue weighted by Gasteiger charge is -2.13. The second-order valence-electron chi connectivity index (χ2n) is 10.3. The molecule has 4 aromatic carbocycles. The molecule has 5 heterocycles. The van der Waals surface area contributed by atoms with Crippen LogP contribution < -0.4 is 0 Å². The van der Waals surface area contributed by atoms with Gasteiger partial charge in [-0.2, -0.15) is 0 Å². The number of hydrogen-bond donors (Lipinski definition) is 0. The van der Waals surface area contributed by atoms with Crippen molar-refractivity contribution in [3.05, 3.63) is 128 Å². The van der Waals surface area contributed by atoms with Crippen molar-refractivity contribution in [2.45, 2.75) is 0 Å². The van der Waals surface area contributed by atoms with Crippen LogP contribution in [0.25, 0.3) is 82.2 Å². The second kappa shape index (κ2) is 8.41. The molecule has 0 saturated carbocycles. The van der Waals surface area contributed by atoms with Crippen molar-refractivity contribution >= 4 is 65.3 Å². The Labute approximate surface area is 234 Å². The van der Waals surface area contributed by atoms with Crippen molar-refractivity contribution in [1.82, 2.24) is 24.5 Å². The molecule has 0 fully saturated rings. The Morgan fingerprint density at radius 2 is 1.17 bits per heavy atom. The van der Waals surface area contributed by atoms with E-state index in [1.54, 1.807) is 0 Å². The summed E-state index contributed by atoms with van der Waals surface area (Å²) < 4.78 is 2.34. The van der Waals surface area contributed by atoms with E-state index in [0.29, 0.717) is 0 Å². The molecule has 5 nitrogen and oxygen atoms in total. The zero-order valence-corrected chi connectivity index (χ0v) is 21.9. The SMILES string of the molecule is c1cnc2c(c1)cc(-c1ccc(-n3c4ccccc4c4c5ccccc5c5ncccc5c43)cn1)c1cccnc12. The second-order valence-corrected chi connectivity index (χ2v) is 10.3. The van der Waals surface area contributed by atoms with Crippen LogP contribution in [0.3, 0.4) is 0 Å². The van der Waals surface area contributed by atoms with Crippen LogP contribution in [0.1, 0.15) is 0 Å². The predicted molar refractivity (Wildman–Crippen MR) is 167 cm³/mol. The molecule has 0 aliphatic carbocycles. The fourth-order valence-corrected chi connectivity index (χ4v) is 6.42. The number of rotatable bonds is 2. The van der Waals surface area contributed by atoms with Gasteiger partial charge in [-0.3, -0.25) is 19.9 Å². The molecule has 9 aromatic rings. The van der Waals surface area contributed by atoms with Gasteiger partial charge in [-0.05, 0) is 53.9 Å². The Morgan fingerprint density at radius 1 is 0.488 bits per heavy atom. The largest absolute Gasteiger partial charge is 0.307 e. The van der Waals surface area contributed by atoms with Crippen LogP contribution in [0, 0.1) is 0 Å². The summed E-state index contributed by atoms with van der Waals surface area (Å²) in [6.45, 7) is 0. The number of benzene rings is 4. The highest BCUT2D eigenvalue weighted by atomic mass is 15.0. The average Bonchev–Trinajstić information content (AvgIpc) is 3.40. The smallest absolute Gasteiger partial charge is 0.0971 e. The van der Waals surface area contributed by atoms with Gasteiger partial charge in [-0.1, -0.05) is 54.6 Å². The van der Waals surface area contributed by atoms with E-state index in [4.69, 9.17) is 9.97 Å². The zero-order valence-electron chi connectivity index (χ0n) is 21.9. The first kappa shape index (κ1) is 22.2. The molecular weight excluding hydrogens is 502 g/mol. The monoisotopic (exact) mass is 523 g/mol. The van der Waals surface area contributed by atoms with E-state index in [1.807, 2.05) is 43.0 Å². The van der Waals surface area contributed by atoms with Gasteiger partial charge >= 0.3 is 0 Å². The molecule has 5 aromatic heterocycles. The first-order valence-electron chi connectivity index (χ1n) is 13.6. The minimum Gasteiger partial charge on any atom is -0.307 e. The molecule has 0 bridgehead atoms. The van der Waals surface area contributed by atoms with Gasteiger partial charge in [0, 0.05) is 56.5 Å². The van der Waals surface area contributed by atoms with E-state index in [9.17, 15) is 0 Å². The number of hydrogen-bond acceptors (Lipinski definition) is 4. The molecule has 0 amide bonds. The minimum absolute atomic E-state index is 0.889. The molecule has 41 heavy (non-hydrogen) atoms. The normalized spacial score (nSPS) is 11.9. The van der Waals surface area contributed by atoms with Crippen molar-refractivity contribution in [2.24, 2.45) is 0 Å². The maximum absolute atomic E-state index is 5.03. The lowest BCUT2D eigenvalue weighted by atomic mass is 10.00. The molecule has 190 valence electrons. The van der Waals surface area contributed by atoms with E-state index in [2.05, 4.69) is 99.5 Å². The van der Waals surface area contributed by atoms with Gasteiger partial charge in [-0.25, -0.2) is 0 Å². The van der Waals surface area contributed by atoms with Gasteiger partial charge in [0.2, 0.25) is 0 Å². The molecule has 0 atom stereocenters. The molecule has 9 rings (SSSR count). The Kier molecular flexibility index (Phi) is 4.55. The van der Waals surface area contributed by atoms with Crippen LogP contribution in [0.5, 0.6) is 0 Å². The van der Waals surface area contributed by atoms with E-state index < -0.39 is 0 Å². The molecule has 0 spiro atoms. The summed E-state index contributed by atoms with van der Waals surface area (Å²) in [4.78, 5) is 19.1. The highest BCUT2D eigenvalue weighted by molar-refractivity contribution is 6.31. The quantitative estimate of drug-likeness (QED) is 0.213. The molecule has 0 unspecified atom stereocenters. The summed E-state index contributed by atoms with van der Waals surface area (Å²) >= 11 is 0. The Morgan fingerprint density at radius 3 is 2.00 bits per heavy atom. The summed E-state index contributed by atoms with van der Waals surface area (Å²) in [5.74, 6) is 0. The molecule has 5 heteroatoms. The first-order valence-corrected chi connectivity index (χ1v) is 13.6. The van der Waals surface area contributed by atoms with Gasteiger partial charge in [0.05, 0.1) is 45.2 Å². The average molecular weight is 524 g/mol. The van der Waals surface area contributed by atoms with Crippen molar-refractivity contribution in [3.8, 4) is 16.9 Å². The molecule has 0 aliphatic rings. The first-order chi connectivity index (χ1) is 20.4. The highest BCUT2D eigenvalue weighted by Crippen LogP contribution is 2.41. The van der Waals surface area contributed by atoms with Gasteiger partial charge in [0.15, 0.2) is 0 Å². The number of fused-ring (bicyclic) bond motifs is 11. The van der Waals surface area contributed by atoms with Gasteiger partial charge in [0.25, 0.3) is 0 Å². The number of aromatic nitrogens is 5. The lowest BCUT2D eigenvalue weighted by molar-refractivity contribution is 1.15. The summed E-state index contributed by atoms with van der Waals surface area (Å²) in [7, 11) is 0. The predicted octanol–water partition coefficient (Wildman–Crippen LogP) is 8.64. The van der Waals surface area contributed by atoms with Crippen molar-refractivity contribution in [1.29, 1.82) is 0 Å². The summed E-state index contributed by atoms with van der Waals surface area (Å²) in [5.41, 5.74) is 8.04. The number of nitrogens with zero attached hydrogens (tertiary/aromatic N) is 5. The lowest BCUT2D eigenvalue weighted by Crippen LogP contribution is -1.97. The Balaban J connectivity index is 1.34. The molecule has 0 N–H and O–H groups in total. The van der Waals surface area contributed by atoms with E-state index >= 15 is 0 Å².